The first kappa shape index (κ1) is 17.9. The number of amides is 2. The van der Waals surface area contributed by atoms with Gasteiger partial charge in [0.25, 0.3) is 5.91 Å². The third-order valence-corrected chi connectivity index (χ3v) is 3.79. The molecule has 2 rings (SSSR count). The van der Waals surface area contributed by atoms with Crippen molar-refractivity contribution in [1.82, 2.24) is 10.0 Å². The van der Waals surface area contributed by atoms with Crippen LogP contribution in [0.5, 0.6) is 0 Å². The summed E-state index contributed by atoms with van der Waals surface area (Å²) in [6.07, 6.45) is 2.36. The Morgan fingerprint density at radius 1 is 1.21 bits per heavy atom. The summed E-state index contributed by atoms with van der Waals surface area (Å²) >= 11 is 0. The summed E-state index contributed by atoms with van der Waals surface area (Å²) in [5.74, 6) is -1.43. The van der Waals surface area contributed by atoms with Crippen LogP contribution in [0, 0.1) is 0 Å². The second kappa shape index (κ2) is 7.40. The molecule has 1 aliphatic rings. The third kappa shape index (κ3) is 4.08. The number of imide groups is 1. The Kier molecular flexibility index (Phi) is 5.51. The Balaban J connectivity index is 2.20. The second-order valence-electron chi connectivity index (χ2n) is 6.16. The number of hydrogen-bond donors (Lipinski definition) is 0. The van der Waals surface area contributed by atoms with E-state index in [4.69, 9.17) is 4.74 Å². The number of carbonyl (C=O) groups excluding carboxylic acids is 3. The van der Waals surface area contributed by atoms with Crippen molar-refractivity contribution in [3.05, 3.63) is 48.0 Å². The zero-order chi connectivity index (χ0) is 17.7. The number of ether oxygens (including phenoxy) is 1. The first-order chi connectivity index (χ1) is 11.3. The molecule has 0 saturated carbocycles. The van der Waals surface area contributed by atoms with Crippen LogP contribution in [0.2, 0.25) is 0 Å². The molecule has 128 valence electrons. The first-order valence-electron chi connectivity index (χ1n) is 7.88. The van der Waals surface area contributed by atoms with Gasteiger partial charge >= 0.3 is 5.97 Å². The second-order valence-corrected chi connectivity index (χ2v) is 6.16. The zero-order valence-electron chi connectivity index (χ0n) is 14.2. The lowest BCUT2D eigenvalue weighted by atomic mass is 10.0. The number of hydrogen-bond acceptors (Lipinski definition) is 5. The van der Waals surface area contributed by atoms with Crippen molar-refractivity contribution in [3.8, 4) is 0 Å². The summed E-state index contributed by atoms with van der Waals surface area (Å²) in [4.78, 5) is 36.1. The quantitative estimate of drug-likeness (QED) is 0.611. The normalized spacial score (nSPS) is 17.5. The van der Waals surface area contributed by atoms with Gasteiger partial charge in [-0.3, -0.25) is 9.59 Å². The number of benzene rings is 1. The topological polar surface area (TPSA) is 66.9 Å². The van der Waals surface area contributed by atoms with E-state index >= 15 is 0 Å². The van der Waals surface area contributed by atoms with Gasteiger partial charge in [0.1, 0.15) is 0 Å². The van der Waals surface area contributed by atoms with Crippen molar-refractivity contribution in [2.75, 3.05) is 6.61 Å². The number of hydrazine groups is 1. The molecule has 1 heterocycles. The monoisotopic (exact) mass is 330 g/mol. The van der Waals surface area contributed by atoms with Gasteiger partial charge in [-0.2, -0.15) is 0 Å². The molecular formula is C18H22N2O4. The van der Waals surface area contributed by atoms with Gasteiger partial charge in [0.2, 0.25) is 5.91 Å². The lowest BCUT2D eigenvalue weighted by molar-refractivity contribution is -0.157. The highest BCUT2D eigenvalue weighted by Gasteiger charge is 2.45. The highest BCUT2D eigenvalue weighted by atomic mass is 16.5. The van der Waals surface area contributed by atoms with Gasteiger partial charge in [-0.15, -0.1) is 0 Å². The van der Waals surface area contributed by atoms with Crippen LogP contribution in [0.15, 0.2) is 42.5 Å². The van der Waals surface area contributed by atoms with Crippen molar-refractivity contribution < 1.29 is 19.1 Å². The summed E-state index contributed by atoms with van der Waals surface area (Å²) in [6, 6.07) is 9.61. The minimum Gasteiger partial charge on any atom is -0.463 e. The number of nitrogens with zero attached hydrogens (tertiary/aromatic N) is 2. The molecule has 6 heteroatoms. The molecule has 2 amide bonds. The molecule has 1 aliphatic heterocycles. The molecule has 0 aliphatic carbocycles. The van der Waals surface area contributed by atoms with Crippen molar-refractivity contribution >= 4 is 17.8 Å². The fourth-order valence-corrected chi connectivity index (χ4v) is 2.62. The van der Waals surface area contributed by atoms with Crippen LogP contribution < -0.4 is 0 Å². The van der Waals surface area contributed by atoms with Crippen LogP contribution in [0.3, 0.4) is 0 Å². The molecule has 0 spiro atoms. The number of carbonyl (C=O) groups is 3. The average Bonchev–Trinajstić information content (AvgIpc) is 2.75. The fraction of sp³-hybridized carbons (Fsp3) is 0.389. The Morgan fingerprint density at radius 3 is 2.50 bits per heavy atom. The molecule has 0 bridgehead atoms. The van der Waals surface area contributed by atoms with Crippen LogP contribution in [0.25, 0.3) is 0 Å². The van der Waals surface area contributed by atoms with E-state index in [1.54, 1.807) is 11.9 Å². The Bertz CT molecular complexity index is 652. The molecule has 24 heavy (non-hydrogen) atoms. The molecule has 6 nitrogen and oxygen atoms in total. The van der Waals surface area contributed by atoms with Crippen LogP contribution in [0.4, 0.5) is 0 Å². The zero-order valence-corrected chi connectivity index (χ0v) is 14.2. The van der Waals surface area contributed by atoms with Gasteiger partial charge in [-0.05, 0) is 26.3 Å². The van der Waals surface area contributed by atoms with Crippen LogP contribution >= 0.6 is 0 Å². The van der Waals surface area contributed by atoms with Gasteiger partial charge in [0, 0.05) is 30.7 Å². The van der Waals surface area contributed by atoms with E-state index in [0.717, 1.165) is 22.7 Å². The molecule has 0 aromatic heterocycles. The highest BCUT2D eigenvalue weighted by molar-refractivity contribution is 6.04. The SMILES string of the molecule is CCOC(=O)/C=C/C(=O)N1C(=O)CC(C)(C)N1Cc1ccccc1. The van der Waals surface area contributed by atoms with Crippen LogP contribution in [-0.2, 0) is 25.7 Å². The van der Waals surface area contributed by atoms with Crippen LogP contribution in [-0.4, -0.2) is 39.9 Å². The Hall–Kier alpha value is -2.47. The van der Waals surface area contributed by atoms with Gasteiger partial charge in [0.15, 0.2) is 0 Å². The molecule has 0 unspecified atom stereocenters. The highest BCUT2D eigenvalue weighted by Crippen LogP contribution is 2.31. The number of esters is 1. The Morgan fingerprint density at radius 2 is 1.88 bits per heavy atom. The van der Waals surface area contributed by atoms with E-state index in [9.17, 15) is 14.4 Å². The maximum Gasteiger partial charge on any atom is 0.330 e. The summed E-state index contributed by atoms with van der Waals surface area (Å²) in [5.41, 5.74) is 0.507. The minimum atomic E-state index is -0.605. The minimum absolute atomic E-state index is 0.229. The molecule has 0 N–H and O–H groups in total. The molecular weight excluding hydrogens is 308 g/mol. The molecule has 1 saturated heterocycles. The van der Waals surface area contributed by atoms with Gasteiger partial charge in [0.05, 0.1) is 6.61 Å². The lowest BCUT2D eigenvalue weighted by Crippen LogP contribution is -2.48. The van der Waals surface area contributed by atoms with Gasteiger partial charge in [-0.25, -0.2) is 14.8 Å². The predicted molar refractivity (Wildman–Crippen MR) is 88.3 cm³/mol. The van der Waals surface area contributed by atoms with Crippen molar-refractivity contribution in [3.63, 3.8) is 0 Å². The predicted octanol–water partition coefficient (Wildman–Crippen LogP) is 2.06. The fourth-order valence-electron chi connectivity index (χ4n) is 2.62. The molecule has 0 radical (unpaired) electrons. The van der Waals surface area contributed by atoms with E-state index in [1.165, 1.54) is 0 Å². The molecule has 0 atom stereocenters. The Labute approximate surface area is 141 Å². The summed E-state index contributed by atoms with van der Waals surface area (Å²) in [7, 11) is 0. The summed E-state index contributed by atoms with van der Waals surface area (Å²) in [6.45, 7) is 6.17. The molecule has 1 aromatic carbocycles. The largest absolute Gasteiger partial charge is 0.463 e. The summed E-state index contributed by atoms with van der Waals surface area (Å²) in [5, 5.41) is 2.85. The van der Waals surface area contributed by atoms with E-state index < -0.39 is 17.4 Å². The first-order valence-corrected chi connectivity index (χ1v) is 7.88. The van der Waals surface area contributed by atoms with Gasteiger partial charge in [-0.1, -0.05) is 30.3 Å². The van der Waals surface area contributed by atoms with Crippen molar-refractivity contribution in [1.29, 1.82) is 0 Å². The molecule has 1 fully saturated rings. The van der Waals surface area contributed by atoms with Crippen molar-refractivity contribution in [2.24, 2.45) is 0 Å². The third-order valence-electron chi connectivity index (χ3n) is 3.79. The molecule has 1 aromatic rings. The average molecular weight is 330 g/mol. The smallest absolute Gasteiger partial charge is 0.330 e. The standard InChI is InChI=1S/C18H22N2O4/c1-4-24-17(23)11-10-15(21)20-16(22)12-18(2,3)19(20)13-14-8-6-5-7-9-14/h5-11H,4,12-13H2,1-3H3/b11-10+. The van der Waals surface area contributed by atoms with E-state index in [0.29, 0.717) is 6.54 Å². The maximum absolute atomic E-state index is 12.4. The van der Waals surface area contributed by atoms with E-state index in [1.807, 2.05) is 44.2 Å². The maximum atomic E-state index is 12.4. The van der Waals surface area contributed by atoms with Crippen LogP contribution in [0.1, 0.15) is 32.8 Å². The van der Waals surface area contributed by atoms with E-state index in [2.05, 4.69) is 0 Å². The number of rotatable bonds is 5. The van der Waals surface area contributed by atoms with Crippen molar-refractivity contribution in [2.45, 2.75) is 39.3 Å². The van der Waals surface area contributed by atoms with E-state index in [-0.39, 0.29) is 18.9 Å². The van der Waals surface area contributed by atoms with Gasteiger partial charge < -0.3 is 4.74 Å². The summed E-state index contributed by atoms with van der Waals surface area (Å²) < 4.78 is 4.75. The lowest BCUT2D eigenvalue weighted by Gasteiger charge is -2.34.